The van der Waals surface area contributed by atoms with E-state index in [0.29, 0.717) is 33.7 Å². The summed E-state index contributed by atoms with van der Waals surface area (Å²) in [6.07, 6.45) is 4.81. The van der Waals surface area contributed by atoms with Gasteiger partial charge in [-0.25, -0.2) is 0 Å². The summed E-state index contributed by atoms with van der Waals surface area (Å²) in [6, 6.07) is 2.23. The molecule has 27 heavy (non-hydrogen) atoms. The number of aryl methyl sites for hydroxylation is 2. The van der Waals surface area contributed by atoms with Crippen molar-refractivity contribution in [2.24, 2.45) is 0 Å². The lowest BCUT2D eigenvalue weighted by atomic mass is 9.96. The molecule has 1 amide bonds. The highest BCUT2D eigenvalue weighted by Crippen LogP contribution is 2.37. The predicted molar refractivity (Wildman–Crippen MR) is 105 cm³/mol. The van der Waals surface area contributed by atoms with Crippen molar-refractivity contribution in [2.75, 3.05) is 5.32 Å². The van der Waals surface area contributed by atoms with E-state index in [1.807, 2.05) is 0 Å². The predicted octanol–water partition coefficient (Wildman–Crippen LogP) is 4.09. The molecule has 142 valence electrons. The van der Waals surface area contributed by atoms with Crippen LogP contribution in [0.15, 0.2) is 4.47 Å². The molecular weight excluding hydrogens is 434 g/mol. The topological polar surface area (TPSA) is 114 Å². The molecule has 0 radical (unpaired) electrons. The minimum Gasteiger partial charge on any atom is -0.358 e. The molecule has 0 saturated carbocycles. The Balaban J connectivity index is 1.60. The first-order valence-electron chi connectivity index (χ1n) is 8.64. The summed E-state index contributed by atoms with van der Waals surface area (Å²) in [5.74, 6) is -0.386. The Morgan fingerprint density at radius 3 is 2.89 bits per heavy atom. The standard InChI is InChI=1S/C17H18BrN5O3S/c1-10-15(18)16(23(25)26)21-22(10)8-4-7-14(24)20-17-12(9-19)11-5-2-3-6-13(11)27-17/h2-8H2,1H3,(H,20,24). The molecule has 0 aliphatic heterocycles. The molecule has 1 N–H and O–H groups in total. The lowest BCUT2D eigenvalue weighted by Crippen LogP contribution is -2.13. The maximum Gasteiger partial charge on any atom is 0.404 e. The Labute approximate surface area is 168 Å². The third kappa shape index (κ3) is 4.04. The van der Waals surface area contributed by atoms with Crippen molar-refractivity contribution < 1.29 is 9.72 Å². The Morgan fingerprint density at radius 1 is 1.48 bits per heavy atom. The molecule has 1 aliphatic rings. The van der Waals surface area contributed by atoms with Gasteiger partial charge in [-0.3, -0.25) is 4.79 Å². The quantitative estimate of drug-likeness (QED) is 0.524. The van der Waals surface area contributed by atoms with Gasteiger partial charge in [-0.2, -0.15) is 9.94 Å². The van der Waals surface area contributed by atoms with Gasteiger partial charge in [-0.15, -0.1) is 11.3 Å². The van der Waals surface area contributed by atoms with Crippen LogP contribution < -0.4 is 5.32 Å². The summed E-state index contributed by atoms with van der Waals surface area (Å²) in [6.45, 7) is 2.14. The van der Waals surface area contributed by atoms with Crippen LogP contribution in [0.3, 0.4) is 0 Å². The molecule has 0 fully saturated rings. The number of rotatable bonds is 6. The van der Waals surface area contributed by atoms with E-state index in [1.54, 1.807) is 6.92 Å². The van der Waals surface area contributed by atoms with Crippen LogP contribution in [0.2, 0.25) is 0 Å². The van der Waals surface area contributed by atoms with Gasteiger partial charge in [0.25, 0.3) is 0 Å². The molecule has 0 spiro atoms. The fourth-order valence-electron chi connectivity index (χ4n) is 3.19. The van der Waals surface area contributed by atoms with Gasteiger partial charge in [0.05, 0.1) is 22.9 Å². The average Bonchev–Trinajstić information content (AvgIpc) is 3.13. The van der Waals surface area contributed by atoms with E-state index >= 15 is 0 Å². The van der Waals surface area contributed by atoms with Crippen molar-refractivity contribution >= 4 is 44.0 Å². The highest BCUT2D eigenvalue weighted by molar-refractivity contribution is 9.10. The normalized spacial score (nSPS) is 13.1. The molecule has 2 heterocycles. The van der Waals surface area contributed by atoms with E-state index in [2.05, 4.69) is 32.4 Å². The fourth-order valence-corrected chi connectivity index (χ4v) is 4.88. The summed E-state index contributed by atoms with van der Waals surface area (Å²) in [4.78, 5) is 23.9. The minimum absolute atomic E-state index is 0.163. The maximum atomic E-state index is 12.3. The van der Waals surface area contributed by atoms with Crippen LogP contribution in [-0.2, 0) is 24.2 Å². The number of nitrogens with one attached hydrogen (secondary N) is 1. The summed E-state index contributed by atoms with van der Waals surface area (Å²) in [7, 11) is 0. The van der Waals surface area contributed by atoms with Crippen LogP contribution in [0.4, 0.5) is 10.8 Å². The summed E-state index contributed by atoms with van der Waals surface area (Å²) >= 11 is 4.68. The number of anilines is 1. The second kappa shape index (κ2) is 8.19. The smallest absolute Gasteiger partial charge is 0.358 e. The van der Waals surface area contributed by atoms with Crippen molar-refractivity contribution in [3.05, 3.63) is 36.3 Å². The summed E-state index contributed by atoms with van der Waals surface area (Å²) in [5.41, 5.74) is 2.35. The third-order valence-corrected chi connectivity index (χ3v) is 6.74. The molecular formula is C17H18BrN5O3S. The number of carbonyl (C=O) groups excluding carboxylic acids is 1. The van der Waals surface area contributed by atoms with Crippen molar-refractivity contribution in [3.8, 4) is 6.07 Å². The van der Waals surface area contributed by atoms with Crippen molar-refractivity contribution in [2.45, 2.75) is 52.0 Å². The second-order valence-corrected chi connectivity index (χ2v) is 8.28. The van der Waals surface area contributed by atoms with Crippen molar-refractivity contribution in [1.29, 1.82) is 5.26 Å². The first-order valence-corrected chi connectivity index (χ1v) is 10.2. The molecule has 0 unspecified atom stereocenters. The lowest BCUT2D eigenvalue weighted by Gasteiger charge is -2.09. The monoisotopic (exact) mass is 451 g/mol. The lowest BCUT2D eigenvalue weighted by molar-refractivity contribution is -0.390. The number of hydrogen-bond donors (Lipinski definition) is 1. The molecule has 0 atom stereocenters. The van der Waals surface area contributed by atoms with E-state index < -0.39 is 4.92 Å². The number of aromatic nitrogens is 2. The van der Waals surface area contributed by atoms with Crippen molar-refractivity contribution in [1.82, 2.24) is 9.78 Å². The third-order valence-electron chi connectivity index (χ3n) is 4.60. The number of hydrogen-bond acceptors (Lipinski definition) is 6. The molecule has 0 aromatic carbocycles. The van der Waals surface area contributed by atoms with Crippen LogP contribution in [0.25, 0.3) is 0 Å². The number of nitriles is 1. The van der Waals surface area contributed by atoms with Gasteiger partial charge < -0.3 is 15.4 Å². The second-order valence-electron chi connectivity index (χ2n) is 6.38. The zero-order valence-corrected chi connectivity index (χ0v) is 17.2. The Kier molecular flexibility index (Phi) is 5.92. The number of thiophene rings is 1. The van der Waals surface area contributed by atoms with Gasteiger partial charge in [-0.1, -0.05) is 0 Å². The van der Waals surface area contributed by atoms with Gasteiger partial charge in [0.2, 0.25) is 5.91 Å². The first kappa shape index (κ1) is 19.5. The van der Waals surface area contributed by atoms with Crippen LogP contribution in [-0.4, -0.2) is 20.6 Å². The first-order chi connectivity index (χ1) is 12.9. The zero-order valence-electron chi connectivity index (χ0n) is 14.7. The van der Waals surface area contributed by atoms with Crippen LogP contribution in [0.1, 0.15) is 47.4 Å². The minimum atomic E-state index is -0.539. The van der Waals surface area contributed by atoms with Crippen molar-refractivity contribution in [3.63, 3.8) is 0 Å². The van der Waals surface area contributed by atoms with E-state index in [4.69, 9.17) is 0 Å². The number of carbonyl (C=O) groups is 1. The van der Waals surface area contributed by atoms with E-state index in [0.717, 1.165) is 31.2 Å². The number of nitro groups is 1. The molecule has 0 bridgehead atoms. The maximum absolute atomic E-state index is 12.3. The van der Waals surface area contributed by atoms with Gasteiger partial charge >= 0.3 is 5.82 Å². The van der Waals surface area contributed by atoms with Gasteiger partial charge in [0.15, 0.2) is 0 Å². The number of fused-ring (bicyclic) bond motifs is 1. The largest absolute Gasteiger partial charge is 0.404 e. The average molecular weight is 452 g/mol. The van der Waals surface area contributed by atoms with Crippen LogP contribution in [0.5, 0.6) is 0 Å². The molecule has 2 aromatic rings. The SMILES string of the molecule is Cc1c(Br)c([N+](=O)[O-])nn1CCCC(=O)Nc1sc2c(c1C#N)CCCC2. The van der Waals surface area contributed by atoms with E-state index in [-0.39, 0.29) is 18.1 Å². The van der Waals surface area contributed by atoms with Gasteiger partial charge in [-0.05, 0) is 65.4 Å². The zero-order chi connectivity index (χ0) is 19.6. The van der Waals surface area contributed by atoms with Crippen LogP contribution in [0, 0.1) is 28.4 Å². The Hall–Kier alpha value is -2.25. The number of halogens is 1. The molecule has 3 rings (SSSR count). The Morgan fingerprint density at radius 2 is 2.22 bits per heavy atom. The van der Waals surface area contributed by atoms with Gasteiger partial charge in [0, 0.05) is 11.3 Å². The molecule has 1 aliphatic carbocycles. The highest BCUT2D eigenvalue weighted by Gasteiger charge is 2.24. The summed E-state index contributed by atoms with van der Waals surface area (Å²) < 4.78 is 1.89. The molecule has 0 saturated heterocycles. The fraction of sp³-hybridized carbons (Fsp3) is 0.471. The van der Waals surface area contributed by atoms with Crippen LogP contribution >= 0.6 is 27.3 Å². The Bertz CT molecular complexity index is 943. The molecule has 2 aromatic heterocycles. The van der Waals surface area contributed by atoms with E-state index in [1.165, 1.54) is 20.9 Å². The molecule has 10 heteroatoms. The van der Waals surface area contributed by atoms with Gasteiger partial charge in [0.1, 0.15) is 15.5 Å². The highest BCUT2D eigenvalue weighted by atomic mass is 79.9. The number of nitrogens with zero attached hydrogens (tertiary/aromatic N) is 4. The summed E-state index contributed by atoms with van der Waals surface area (Å²) in [5, 5.41) is 27.8. The van der Waals surface area contributed by atoms with E-state index in [9.17, 15) is 20.2 Å². The molecule has 8 nitrogen and oxygen atoms in total. The number of amides is 1.